The van der Waals surface area contributed by atoms with Crippen molar-refractivity contribution in [1.82, 2.24) is 0 Å². The predicted molar refractivity (Wildman–Crippen MR) is 133 cm³/mol. The van der Waals surface area contributed by atoms with Crippen LogP contribution < -0.4 is 0 Å². The summed E-state index contributed by atoms with van der Waals surface area (Å²) >= 11 is 0. The summed E-state index contributed by atoms with van der Waals surface area (Å²) in [5.74, 6) is 0.341. The summed E-state index contributed by atoms with van der Waals surface area (Å²) in [5.41, 5.74) is 6.01. The molecule has 0 bridgehead atoms. The van der Waals surface area contributed by atoms with E-state index in [1.807, 2.05) is 5.57 Å². The van der Waals surface area contributed by atoms with Gasteiger partial charge in [-0.2, -0.15) is 0 Å². The fourth-order valence-electron chi connectivity index (χ4n) is 9.51. The lowest BCUT2D eigenvalue weighted by molar-refractivity contribution is -0.146. The van der Waals surface area contributed by atoms with Crippen molar-refractivity contribution < 1.29 is 9.90 Å². The van der Waals surface area contributed by atoms with Crippen molar-refractivity contribution >= 4 is 5.97 Å². The van der Waals surface area contributed by atoms with Crippen molar-refractivity contribution in [3.8, 4) is 0 Å². The number of hydrogen-bond acceptors (Lipinski definition) is 1. The van der Waals surface area contributed by atoms with Crippen molar-refractivity contribution in [2.45, 2.75) is 119 Å². The Bertz CT molecular complexity index is 828. The predicted octanol–water partition coefficient (Wildman–Crippen LogP) is 8.57. The molecule has 2 saturated carbocycles. The average Bonchev–Trinajstić information content (AvgIpc) is 2.96. The van der Waals surface area contributed by atoms with Gasteiger partial charge in [-0.1, -0.05) is 63.8 Å². The molecule has 0 aromatic carbocycles. The van der Waals surface area contributed by atoms with Crippen molar-refractivity contribution in [2.24, 2.45) is 39.4 Å². The van der Waals surface area contributed by atoms with Crippen LogP contribution in [0.25, 0.3) is 0 Å². The molecule has 0 unspecified atom stereocenters. The highest BCUT2D eigenvalue weighted by Gasteiger charge is 2.63. The second-order valence-electron chi connectivity index (χ2n) is 13.5. The van der Waals surface area contributed by atoms with Gasteiger partial charge in [0.05, 0.1) is 5.92 Å². The molecule has 4 aliphatic carbocycles. The Morgan fingerprint density at radius 2 is 1.72 bits per heavy atom. The van der Waals surface area contributed by atoms with Crippen LogP contribution in [0.3, 0.4) is 0 Å². The third kappa shape index (κ3) is 3.45. The molecule has 32 heavy (non-hydrogen) atoms. The molecule has 1 N–H and O–H groups in total. The minimum Gasteiger partial charge on any atom is -0.481 e. The van der Waals surface area contributed by atoms with Crippen LogP contribution in [0.15, 0.2) is 22.8 Å². The molecule has 0 aliphatic heterocycles. The first-order chi connectivity index (χ1) is 14.9. The maximum Gasteiger partial charge on any atom is 0.306 e. The fraction of sp³-hybridized carbons (Fsp3) is 0.833. The summed E-state index contributed by atoms with van der Waals surface area (Å²) in [6.45, 7) is 16.9. The first-order valence-electron chi connectivity index (χ1n) is 13.5. The van der Waals surface area contributed by atoms with Gasteiger partial charge in [-0.05, 0) is 112 Å². The number of carboxylic acids is 1. The number of aliphatic carboxylic acids is 1. The van der Waals surface area contributed by atoms with Crippen LogP contribution in [-0.2, 0) is 4.79 Å². The molecule has 0 aromatic rings. The van der Waals surface area contributed by atoms with Crippen LogP contribution in [-0.4, -0.2) is 11.1 Å². The molecule has 0 heterocycles. The second-order valence-corrected chi connectivity index (χ2v) is 13.5. The van der Waals surface area contributed by atoms with Gasteiger partial charge in [0.1, 0.15) is 0 Å². The van der Waals surface area contributed by atoms with Crippen molar-refractivity contribution in [3.05, 3.63) is 22.8 Å². The summed E-state index contributed by atoms with van der Waals surface area (Å²) in [6, 6.07) is 0. The third-order valence-corrected chi connectivity index (χ3v) is 11.4. The van der Waals surface area contributed by atoms with E-state index in [4.69, 9.17) is 0 Å². The van der Waals surface area contributed by atoms with Gasteiger partial charge in [-0.25, -0.2) is 0 Å². The van der Waals surface area contributed by atoms with Crippen LogP contribution in [0.1, 0.15) is 119 Å². The van der Waals surface area contributed by atoms with E-state index in [0.717, 1.165) is 25.2 Å². The van der Waals surface area contributed by atoms with Crippen LogP contribution in [0.4, 0.5) is 0 Å². The van der Waals surface area contributed by atoms with Gasteiger partial charge in [0, 0.05) is 0 Å². The first kappa shape index (κ1) is 24.1. The summed E-state index contributed by atoms with van der Waals surface area (Å²) in [4.78, 5) is 12.4. The van der Waals surface area contributed by atoms with Crippen LogP contribution in [0.5, 0.6) is 0 Å². The van der Waals surface area contributed by atoms with Gasteiger partial charge in [0.25, 0.3) is 0 Å². The number of carbonyl (C=O) groups is 1. The fourth-order valence-corrected chi connectivity index (χ4v) is 9.51. The van der Waals surface area contributed by atoms with Crippen LogP contribution in [0.2, 0.25) is 0 Å². The maximum atomic E-state index is 12.4. The Hall–Kier alpha value is -1.05. The Morgan fingerprint density at radius 3 is 2.38 bits per heavy atom. The van der Waals surface area contributed by atoms with Gasteiger partial charge >= 0.3 is 5.97 Å². The molecule has 0 spiro atoms. The topological polar surface area (TPSA) is 37.3 Å². The molecule has 4 aliphatic rings. The molecule has 0 radical (unpaired) electrons. The number of hydrogen-bond donors (Lipinski definition) is 1. The monoisotopic (exact) mass is 440 g/mol. The standard InChI is InChI=1S/C30H48O2/c1-20(2)10-8-11-21(26(31)32)22-14-18-30(7)24-12-13-25-27(3,4)16-9-17-28(25,5)23(24)15-19-29(22,30)6/h10,21-22,25H,8-9,11-19H2,1-7H3,(H,31,32)/t21-,22-,25-,28+,29-,30+/m0/s1. The molecule has 180 valence electrons. The molecule has 2 fully saturated rings. The van der Waals surface area contributed by atoms with E-state index in [2.05, 4.69) is 54.5 Å². The summed E-state index contributed by atoms with van der Waals surface area (Å²) in [7, 11) is 0. The molecular weight excluding hydrogens is 392 g/mol. The lowest BCUT2D eigenvalue weighted by Crippen LogP contribution is -2.51. The SMILES string of the molecule is CC(C)=CCC[C@H](C(=O)O)[C@@H]1CC[C@]2(C)C3=C(CC[C@@]12C)[C@@]1(C)CCCC(C)(C)[C@@H]1CC3. The van der Waals surface area contributed by atoms with Gasteiger partial charge in [0.2, 0.25) is 0 Å². The minimum atomic E-state index is -0.563. The van der Waals surface area contributed by atoms with Crippen LogP contribution >= 0.6 is 0 Å². The quantitative estimate of drug-likeness (QED) is 0.435. The molecular formula is C30H48O2. The summed E-state index contributed by atoms with van der Waals surface area (Å²) in [5, 5.41) is 10.2. The third-order valence-electron chi connectivity index (χ3n) is 11.4. The van der Waals surface area contributed by atoms with Crippen molar-refractivity contribution in [1.29, 1.82) is 0 Å². The smallest absolute Gasteiger partial charge is 0.306 e. The zero-order valence-corrected chi connectivity index (χ0v) is 21.9. The highest BCUT2D eigenvalue weighted by atomic mass is 16.4. The lowest BCUT2D eigenvalue weighted by Gasteiger charge is -2.61. The van der Waals surface area contributed by atoms with Gasteiger partial charge in [-0.15, -0.1) is 0 Å². The van der Waals surface area contributed by atoms with Gasteiger partial charge in [-0.3, -0.25) is 4.79 Å². The van der Waals surface area contributed by atoms with E-state index in [0.29, 0.717) is 16.7 Å². The zero-order chi connectivity index (χ0) is 23.5. The molecule has 0 amide bonds. The molecule has 2 nitrogen and oxygen atoms in total. The van der Waals surface area contributed by atoms with Gasteiger partial charge in [0.15, 0.2) is 0 Å². The first-order valence-corrected chi connectivity index (χ1v) is 13.5. The van der Waals surface area contributed by atoms with Crippen molar-refractivity contribution in [3.63, 3.8) is 0 Å². The van der Waals surface area contributed by atoms with E-state index >= 15 is 0 Å². The molecule has 0 saturated heterocycles. The molecule has 4 rings (SSSR count). The Labute approximate surface area is 197 Å². The van der Waals surface area contributed by atoms with E-state index in [-0.39, 0.29) is 16.7 Å². The van der Waals surface area contributed by atoms with Crippen LogP contribution in [0, 0.1) is 39.4 Å². The second kappa shape index (κ2) is 8.02. The molecule has 6 atom stereocenters. The Balaban J connectivity index is 1.69. The number of fused-ring (bicyclic) bond motifs is 4. The number of carboxylic acid groups (broad SMARTS) is 1. The average molecular weight is 441 g/mol. The van der Waals surface area contributed by atoms with Gasteiger partial charge < -0.3 is 5.11 Å². The van der Waals surface area contributed by atoms with E-state index in [9.17, 15) is 9.90 Å². The molecule has 0 aromatic heterocycles. The number of rotatable bonds is 5. The number of allylic oxidation sites excluding steroid dienone is 4. The zero-order valence-electron chi connectivity index (χ0n) is 21.9. The van der Waals surface area contributed by atoms with E-state index < -0.39 is 5.97 Å². The normalized spacial score (nSPS) is 41.3. The highest BCUT2D eigenvalue weighted by molar-refractivity contribution is 5.70. The van der Waals surface area contributed by atoms with E-state index in [1.54, 1.807) is 5.57 Å². The Kier molecular flexibility index (Phi) is 6.04. The van der Waals surface area contributed by atoms with E-state index in [1.165, 1.54) is 56.9 Å². The molecule has 2 heteroatoms. The van der Waals surface area contributed by atoms with Crippen molar-refractivity contribution in [2.75, 3.05) is 0 Å². The highest BCUT2D eigenvalue weighted by Crippen LogP contribution is 2.72. The minimum absolute atomic E-state index is 0.118. The Morgan fingerprint density at radius 1 is 1.00 bits per heavy atom. The maximum absolute atomic E-state index is 12.4. The summed E-state index contributed by atoms with van der Waals surface area (Å²) in [6.07, 6.45) is 15.3. The lowest BCUT2D eigenvalue weighted by atomic mass is 9.43. The summed E-state index contributed by atoms with van der Waals surface area (Å²) < 4.78 is 0. The largest absolute Gasteiger partial charge is 0.481 e.